The number of nitrogens with one attached hydrogen (secondary N) is 1. The molecule has 0 unspecified atom stereocenters. The molecule has 0 saturated heterocycles. The van der Waals surface area contributed by atoms with Gasteiger partial charge in [0.1, 0.15) is 0 Å². The topological polar surface area (TPSA) is 21.3 Å². The van der Waals surface area contributed by atoms with Crippen molar-refractivity contribution in [3.05, 3.63) is 0 Å². The maximum Gasteiger partial charge on any atom is 0.0750 e. The summed E-state index contributed by atoms with van der Waals surface area (Å²) in [7, 11) is 0. The highest BCUT2D eigenvalue weighted by atomic mass is 16.5. The molecule has 2 heteroatoms. The van der Waals surface area contributed by atoms with Gasteiger partial charge in [0, 0.05) is 13.2 Å². The molecular formula is C16H35NO. The van der Waals surface area contributed by atoms with Crippen molar-refractivity contribution >= 4 is 0 Å². The molecular weight excluding hydrogens is 222 g/mol. The maximum absolute atomic E-state index is 5.65. The Hall–Kier alpha value is -0.0800. The summed E-state index contributed by atoms with van der Waals surface area (Å²) in [5.74, 6) is 0. The largest absolute Gasteiger partial charge is 0.375 e. The molecule has 0 heterocycles. The zero-order valence-corrected chi connectivity index (χ0v) is 13.2. The second-order valence-electron chi connectivity index (χ2n) is 5.84. The Labute approximate surface area is 115 Å². The summed E-state index contributed by atoms with van der Waals surface area (Å²) in [6, 6.07) is 0. The minimum Gasteiger partial charge on any atom is -0.375 e. The van der Waals surface area contributed by atoms with E-state index >= 15 is 0 Å². The smallest absolute Gasteiger partial charge is 0.0750 e. The fourth-order valence-electron chi connectivity index (χ4n) is 2.22. The van der Waals surface area contributed by atoms with Gasteiger partial charge in [-0.05, 0) is 33.7 Å². The quantitative estimate of drug-likeness (QED) is 0.489. The summed E-state index contributed by atoms with van der Waals surface area (Å²) < 4.78 is 5.65. The predicted molar refractivity (Wildman–Crippen MR) is 81.2 cm³/mol. The summed E-state index contributed by atoms with van der Waals surface area (Å²) in [4.78, 5) is 0. The van der Waals surface area contributed by atoms with Crippen LogP contribution in [0.5, 0.6) is 0 Å². The maximum atomic E-state index is 5.65. The summed E-state index contributed by atoms with van der Waals surface area (Å²) in [6.45, 7) is 11.5. The fourth-order valence-corrected chi connectivity index (χ4v) is 2.22. The molecule has 1 N–H and O–H groups in total. The van der Waals surface area contributed by atoms with Gasteiger partial charge in [0.05, 0.1) is 5.60 Å². The molecule has 18 heavy (non-hydrogen) atoms. The highest BCUT2D eigenvalue weighted by molar-refractivity contribution is 4.71. The average molecular weight is 257 g/mol. The SMILES string of the molecule is CCCCCCCCCCNCC(C)(C)OCC. The fraction of sp³-hybridized carbons (Fsp3) is 1.00. The van der Waals surface area contributed by atoms with Crippen LogP contribution in [0.15, 0.2) is 0 Å². The van der Waals surface area contributed by atoms with Crippen molar-refractivity contribution in [3.8, 4) is 0 Å². The molecule has 0 radical (unpaired) electrons. The summed E-state index contributed by atoms with van der Waals surface area (Å²) >= 11 is 0. The van der Waals surface area contributed by atoms with Gasteiger partial charge in [-0.3, -0.25) is 0 Å². The van der Waals surface area contributed by atoms with Crippen molar-refractivity contribution in [3.63, 3.8) is 0 Å². The van der Waals surface area contributed by atoms with E-state index in [0.29, 0.717) is 0 Å². The van der Waals surface area contributed by atoms with Gasteiger partial charge in [0.15, 0.2) is 0 Å². The van der Waals surface area contributed by atoms with Gasteiger partial charge in [-0.25, -0.2) is 0 Å². The normalized spacial score (nSPS) is 12.0. The van der Waals surface area contributed by atoms with Crippen LogP contribution in [0.2, 0.25) is 0 Å². The summed E-state index contributed by atoms with van der Waals surface area (Å²) in [5, 5.41) is 3.50. The molecule has 0 aromatic carbocycles. The van der Waals surface area contributed by atoms with Crippen LogP contribution >= 0.6 is 0 Å². The Balaban J connectivity index is 3.16. The van der Waals surface area contributed by atoms with Gasteiger partial charge in [0.25, 0.3) is 0 Å². The van der Waals surface area contributed by atoms with Crippen LogP contribution in [-0.4, -0.2) is 25.3 Å². The number of hydrogen-bond acceptors (Lipinski definition) is 2. The molecule has 0 saturated carbocycles. The van der Waals surface area contributed by atoms with Gasteiger partial charge in [-0.1, -0.05) is 51.9 Å². The lowest BCUT2D eigenvalue weighted by atomic mass is 10.1. The lowest BCUT2D eigenvalue weighted by Gasteiger charge is -2.25. The zero-order valence-electron chi connectivity index (χ0n) is 13.2. The predicted octanol–water partition coefficient (Wildman–Crippen LogP) is 4.53. The van der Waals surface area contributed by atoms with E-state index in [4.69, 9.17) is 4.74 Å². The van der Waals surface area contributed by atoms with Crippen molar-refractivity contribution in [1.29, 1.82) is 0 Å². The van der Waals surface area contributed by atoms with Crippen molar-refractivity contribution in [1.82, 2.24) is 5.32 Å². The number of hydrogen-bond donors (Lipinski definition) is 1. The third-order valence-corrected chi connectivity index (χ3v) is 3.29. The Morgan fingerprint density at radius 2 is 1.39 bits per heavy atom. The molecule has 110 valence electrons. The van der Waals surface area contributed by atoms with Crippen LogP contribution in [0.4, 0.5) is 0 Å². The number of unbranched alkanes of at least 4 members (excludes halogenated alkanes) is 7. The second-order valence-corrected chi connectivity index (χ2v) is 5.84. The first-order valence-electron chi connectivity index (χ1n) is 7.97. The first kappa shape index (κ1) is 17.9. The van der Waals surface area contributed by atoms with Gasteiger partial charge in [0.2, 0.25) is 0 Å². The lowest BCUT2D eigenvalue weighted by molar-refractivity contribution is -0.00868. The first-order chi connectivity index (χ1) is 8.62. The molecule has 0 aliphatic rings. The number of rotatable bonds is 13. The Morgan fingerprint density at radius 1 is 0.833 bits per heavy atom. The second kappa shape index (κ2) is 12.0. The van der Waals surface area contributed by atoms with Crippen LogP contribution in [0.25, 0.3) is 0 Å². The van der Waals surface area contributed by atoms with Crippen LogP contribution < -0.4 is 5.32 Å². The Bertz CT molecular complexity index is 168. The Morgan fingerprint density at radius 3 is 1.94 bits per heavy atom. The average Bonchev–Trinajstić information content (AvgIpc) is 2.31. The van der Waals surface area contributed by atoms with Crippen molar-refractivity contribution in [2.75, 3.05) is 19.7 Å². The Kier molecular flexibility index (Phi) is 11.9. The summed E-state index contributed by atoms with van der Waals surface area (Å²) in [5.41, 5.74) is -0.0189. The van der Waals surface area contributed by atoms with E-state index in [-0.39, 0.29) is 5.60 Å². The molecule has 0 spiro atoms. The van der Waals surface area contributed by atoms with E-state index in [1.807, 2.05) is 0 Å². The molecule has 0 atom stereocenters. The van der Waals surface area contributed by atoms with Gasteiger partial charge in [-0.15, -0.1) is 0 Å². The highest BCUT2D eigenvalue weighted by Crippen LogP contribution is 2.09. The highest BCUT2D eigenvalue weighted by Gasteiger charge is 2.15. The van der Waals surface area contributed by atoms with Gasteiger partial charge >= 0.3 is 0 Å². The van der Waals surface area contributed by atoms with E-state index in [1.165, 1.54) is 51.4 Å². The molecule has 0 rings (SSSR count). The molecule has 0 amide bonds. The third kappa shape index (κ3) is 12.4. The van der Waals surface area contributed by atoms with E-state index < -0.39 is 0 Å². The lowest BCUT2D eigenvalue weighted by Crippen LogP contribution is -2.38. The van der Waals surface area contributed by atoms with Gasteiger partial charge < -0.3 is 10.1 Å². The first-order valence-corrected chi connectivity index (χ1v) is 7.97. The van der Waals surface area contributed by atoms with E-state index in [9.17, 15) is 0 Å². The minimum absolute atomic E-state index is 0.0189. The van der Waals surface area contributed by atoms with Crippen molar-refractivity contribution in [2.45, 2.75) is 84.7 Å². The molecule has 0 fully saturated rings. The van der Waals surface area contributed by atoms with Crippen molar-refractivity contribution in [2.24, 2.45) is 0 Å². The van der Waals surface area contributed by atoms with E-state index in [0.717, 1.165) is 19.7 Å². The number of ether oxygens (including phenoxy) is 1. The molecule has 2 nitrogen and oxygen atoms in total. The molecule has 0 aliphatic carbocycles. The van der Waals surface area contributed by atoms with Crippen LogP contribution in [0, 0.1) is 0 Å². The van der Waals surface area contributed by atoms with E-state index in [1.54, 1.807) is 0 Å². The minimum atomic E-state index is -0.0189. The van der Waals surface area contributed by atoms with E-state index in [2.05, 4.69) is 33.0 Å². The molecule has 0 aromatic heterocycles. The van der Waals surface area contributed by atoms with Crippen LogP contribution in [0.1, 0.15) is 79.1 Å². The monoisotopic (exact) mass is 257 g/mol. The van der Waals surface area contributed by atoms with Crippen molar-refractivity contribution < 1.29 is 4.74 Å². The van der Waals surface area contributed by atoms with Crippen LogP contribution in [-0.2, 0) is 4.74 Å². The zero-order chi connectivity index (χ0) is 13.7. The standard InChI is InChI=1S/C16H35NO/c1-5-7-8-9-10-11-12-13-14-17-15-16(3,4)18-6-2/h17H,5-15H2,1-4H3. The third-order valence-electron chi connectivity index (χ3n) is 3.29. The van der Waals surface area contributed by atoms with Gasteiger partial charge in [-0.2, -0.15) is 0 Å². The molecule has 0 aliphatic heterocycles. The molecule has 0 bridgehead atoms. The summed E-state index contributed by atoms with van der Waals surface area (Å²) in [6.07, 6.45) is 11.1. The van der Waals surface area contributed by atoms with Crippen LogP contribution in [0.3, 0.4) is 0 Å². The molecule has 0 aromatic rings.